The molecule has 0 saturated carbocycles. The first-order chi connectivity index (χ1) is 65.3. The summed E-state index contributed by atoms with van der Waals surface area (Å²) >= 11 is 0. The van der Waals surface area contributed by atoms with Crippen molar-refractivity contribution in [2.24, 2.45) is 41.2 Å². The molecule has 4 saturated heterocycles. The van der Waals surface area contributed by atoms with Crippen molar-refractivity contribution in [2.45, 2.75) is 359 Å². The number of carbonyl (C=O) groups is 5. The summed E-state index contributed by atoms with van der Waals surface area (Å²) < 4.78 is 53.4. The molecule has 38 heteroatoms. The van der Waals surface area contributed by atoms with Gasteiger partial charge in [0.25, 0.3) is 0 Å². The second kappa shape index (κ2) is 60.9. The van der Waals surface area contributed by atoms with Crippen LogP contribution in [0, 0.1) is 35.5 Å². The molecule has 6 rings (SSSR count). The van der Waals surface area contributed by atoms with E-state index in [1.54, 1.807) is 200 Å². The number of hydrogen-bond donors (Lipinski definition) is 24. The van der Waals surface area contributed by atoms with Crippen LogP contribution in [0.1, 0.15) is 165 Å². The van der Waals surface area contributed by atoms with Gasteiger partial charge in [-0.05, 0) is 79.2 Å². The number of amides is 2. The highest BCUT2D eigenvalue weighted by atomic mass is 16.7. The summed E-state index contributed by atoms with van der Waals surface area (Å²) in [5.41, 5.74) is 6.22. The van der Waals surface area contributed by atoms with E-state index in [1.807, 2.05) is 0 Å². The lowest BCUT2D eigenvalue weighted by atomic mass is 9.82. The van der Waals surface area contributed by atoms with Gasteiger partial charge in [-0.1, -0.05) is 198 Å². The molecule has 780 valence electrons. The molecule has 4 bridgehead atoms. The van der Waals surface area contributed by atoms with Gasteiger partial charge in [-0.2, -0.15) is 0 Å². The Labute approximate surface area is 808 Å². The van der Waals surface area contributed by atoms with E-state index in [-0.39, 0.29) is 69.9 Å². The summed E-state index contributed by atoms with van der Waals surface area (Å²) in [5.74, 6) is -14.0. The zero-order valence-corrected chi connectivity index (χ0v) is 80.3. The van der Waals surface area contributed by atoms with E-state index in [0.717, 1.165) is 7.11 Å². The van der Waals surface area contributed by atoms with Crippen LogP contribution in [0.4, 0.5) is 0 Å². The number of methoxy groups -OCH3 is 1. The molecule has 6 aliphatic heterocycles. The van der Waals surface area contributed by atoms with Gasteiger partial charge in [0.1, 0.15) is 30.3 Å². The fourth-order valence-corrected chi connectivity index (χ4v) is 17.2. The van der Waals surface area contributed by atoms with Gasteiger partial charge in [0, 0.05) is 81.6 Å². The van der Waals surface area contributed by atoms with Crippen LogP contribution in [-0.4, -0.2) is 354 Å². The smallest absolute Gasteiger partial charge is 0.313 e. The van der Waals surface area contributed by atoms with Gasteiger partial charge in [0.05, 0.1) is 179 Å². The molecular weight excluding hydrogens is 1800 g/mol. The quantitative estimate of drug-likeness (QED) is 0.0685. The first-order valence-electron chi connectivity index (χ1n) is 47.9. The average Bonchev–Trinajstić information content (AvgIpc) is 0.781. The molecule has 6 heterocycles. The Morgan fingerprint density at radius 3 is 1.17 bits per heavy atom. The van der Waals surface area contributed by atoms with E-state index in [0.29, 0.717) is 0 Å². The molecule has 0 aromatic carbocycles. The standard InChI is InChI=1S/C100H156N4O34/c1-58-35-30-26-22-18-14-10-12-16-20-24-28-32-37-72(135-97-93(124)87(101)91(122)64(7)133-97)51-80-85(78(115)55-99(128,137-80)53-70(109)47-76(113)74(111)41-39-66(105)45-68(107)49-83(118)131-62(5)60(3)89(58)120)95(126)104-57-82(117)102-43-34-44-103-88-92(123)65(8)134-98(94(88)125)136-73-38-33-29-25-21-17-13-11-15-19-23-27-31-36-59(2)90(121)61(4)63(6)132-84(119)50-69(108)46-67(106)40-42-75(112)77(114)48-71(110)54-100(129)56-79(116)86(96(127)130-9)81(52-73)138-100/h10-33,35-38,58-81,85-94,97-98,103,105-116,120-125,128-129H,34,39-57,101H2,1-9H3,(H,102,117)(H,104,126)/b12-10?,13-11+,18-14?,19-15+,20-16?,21-17+,26-22?,27-23+,28-24?,29-25+,35-30?,36-31+,37-32?,38-33+/t58-,59-,60-,61-,62-,63-,64+,65+,66+,67+,68+,69+,70-,71-,72-,73-,74+,75+,76+,77+,78-,79-,80-,81-,85+,86+,87-,88-,89+,90+,91+,92+,93-,94-,97-,98-,99+,100+/m0/s1. The Hall–Kier alpha value is -7.41. The third-order valence-electron chi connectivity index (χ3n) is 25.7. The number of cyclic esters (lactones) is 2. The number of nitrogens with two attached hydrogens (primary N) is 1. The molecule has 0 aliphatic carbocycles. The lowest BCUT2D eigenvalue weighted by Gasteiger charge is -2.46. The minimum Gasteiger partial charge on any atom is -0.469 e. The Morgan fingerprint density at radius 2 is 0.761 bits per heavy atom. The SMILES string of the molecule is COC(=O)[C@H]1[C@@H]2C[C@@H](O[C@@H]3O[C@H](C)[C@@H](O)[C@H](NCCCNC(=O)CNC(=O)[C@H]4[C@@H]5C[C@@H](O[C@@H]6O[C@H](C)[C@@H](O)[C@H](N)[C@@H]6O)C=CC=CC=CC=CC=CC=CC=C[C@H](C)[C@@H](O)[C@@H](C)[C@H](C)OC(=O)C[C@H](O)C[C@H](O)CC[C@@H](O)[C@H](O)C[C@H](O)C[C@](O)(C[C@@H]4O)O5)[C@@H]3O)/C=C/C=C/C=C/C=C/C=C/C=C/C=C/[C@H](C)[C@@H](O)[C@@H](C)[C@H](C)OC(=O)C[C@H](O)C[C@H](O)CC[C@@H](O)[C@H](O)C[C@H](O)C[C@](O)(C[C@@H]1O)O2. The van der Waals surface area contributed by atoms with Crippen molar-refractivity contribution in [3.63, 3.8) is 0 Å². The topological polar surface area (TPSA) is 635 Å². The van der Waals surface area contributed by atoms with Gasteiger partial charge in [-0.15, -0.1) is 0 Å². The van der Waals surface area contributed by atoms with Crippen LogP contribution < -0.4 is 21.7 Å². The molecule has 0 aromatic rings. The first-order valence-corrected chi connectivity index (χ1v) is 47.9. The summed E-state index contributed by atoms with van der Waals surface area (Å²) in [5, 5.41) is 234. The molecule has 6 aliphatic rings. The molecule has 4 fully saturated rings. The minimum absolute atomic E-state index is 0.00101. The highest BCUT2D eigenvalue weighted by Crippen LogP contribution is 2.42. The lowest BCUT2D eigenvalue weighted by Crippen LogP contribution is -2.63. The van der Waals surface area contributed by atoms with Crippen LogP contribution in [0.25, 0.3) is 0 Å². The average molecular weight is 1960 g/mol. The van der Waals surface area contributed by atoms with Crippen molar-refractivity contribution in [1.29, 1.82) is 0 Å². The molecular formula is C100H156N4O34. The lowest BCUT2D eigenvalue weighted by molar-refractivity contribution is -0.309. The molecule has 25 N–H and O–H groups in total. The molecule has 0 aromatic heterocycles. The summed E-state index contributed by atoms with van der Waals surface area (Å²) in [6.07, 6.45) is 1.94. The Kier molecular flexibility index (Phi) is 52.6. The molecule has 38 nitrogen and oxygen atoms in total. The van der Waals surface area contributed by atoms with E-state index in [2.05, 4.69) is 16.0 Å². The maximum absolute atomic E-state index is 14.6. The van der Waals surface area contributed by atoms with Gasteiger partial charge in [0.15, 0.2) is 24.2 Å². The largest absolute Gasteiger partial charge is 0.469 e. The van der Waals surface area contributed by atoms with Gasteiger partial charge >= 0.3 is 17.9 Å². The van der Waals surface area contributed by atoms with Gasteiger partial charge in [0.2, 0.25) is 11.8 Å². The van der Waals surface area contributed by atoms with Crippen LogP contribution in [0.3, 0.4) is 0 Å². The van der Waals surface area contributed by atoms with Crippen molar-refractivity contribution < 1.29 is 169 Å². The number of carbonyl (C=O) groups excluding carboxylic acids is 5. The van der Waals surface area contributed by atoms with E-state index in [4.69, 9.17) is 48.4 Å². The fourth-order valence-electron chi connectivity index (χ4n) is 17.2. The molecule has 0 radical (unpaired) electrons. The molecule has 0 unspecified atom stereocenters. The first kappa shape index (κ1) is 119. The minimum atomic E-state index is -2.50. The molecule has 2 amide bonds. The van der Waals surface area contributed by atoms with Crippen LogP contribution in [-0.2, 0) is 66.6 Å². The highest BCUT2D eigenvalue weighted by molar-refractivity contribution is 5.86. The van der Waals surface area contributed by atoms with Crippen molar-refractivity contribution >= 4 is 29.7 Å². The van der Waals surface area contributed by atoms with Crippen molar-refractivity contribution in [3.8, 4) is 0 Å². The summed E-state index contributed by atoms with van der Waals surface area (Å²) in [7, 11) is 1.07. The van der Waals surface area contributed by atoms with Crippen LogP contribution in [0.2, 0.25) is 0 Å². The second-order valence-corrected chi connectivity index (χ2v) is 37.3. The molecule has 138 heavy (non-hydrogen) atoms. The van der Waals surface area contributed by atoms with E-state index < -0.39 is 319 Å². The van der Waals surface area contributed by atoms with E-state index in [1.165, 1.54) is 26.0 Å². The summed E-state index contributed by atoms with van der Waals surface area (Å²) in [6.45, 7) is 12.5. The highest BCUT2D eigenvalue weighted by Gasteiger charge is 2.54. The fraction of sp³-hybridized carbons (Fsp3) is 0.670. The van der Waals surface area contributed by atoms with Crippen molar-refractivity contribution in [1.82, 2.24) is 16.0 Å². The number of esters is 3. The third-order valence-corrected chi connectivity index (χ3v) is 25.7. The number of hydrogen-bond acceptors (Lipinski definition) is 36. The number of ether oxygens (including phenoxy) is 9. The van der Waals surface area contributed by atoms with Gasteiger partial charge in [-0.3, -0.25) is 24.0 Å². The predicted molar refractivity (Wildman–Crippen MR) is 505 cm³/mol. The molecule has 0 spiro atoms. The van der Waals surface area contributed by atoms with E-state index >= 15 is 0 Å². The normalized spacial score (nSPS) is 42.0. The summed E-state index contributed by atoms with van der Waals surface area (Å²) in [4.78, 5) is 67.7. The van der Waals surface area contributed by atoms with Crippen molar-refractivity contribution in [3.05, 3.63) is 170 Å². The summed E-state index contributed by atoms with van der Waals surface area (Å²) in [6, 6.07) is -2.47. The number of allylic oxidation sites excluding steroid dienone is 24. The van der Waals surface area contributed by atoms with Crippen molar-refractivity contribution in [2.75, 3.05) is 26.7 Å². The monoisotopic (exact) mass is 1960 g/mol. The number of nitrogens with one attached hydrogen (secondary N) is 3. The number of aliphatic hydroxyl groups is 20. The van der Waals surface area contributed by atoms with Crippen LogP contribution in [0.5, 0.6) is 0 Å². The van der Waals surface area contributed by atoms with Crippen LogP contribution >= 0.6 is 0 Å². The van der Waals surface area contributed by atoms with Gasteiger partial charge in [-0.25, -0.2) is 0 Å². The number of fused-ring (bicyclic) bond motifs is 4. The zero-order valence-electron chi connectivity index (χ0n) is 80.3. The number of aliphatic hydroxyl groups excluding tert-OH is 18. The maximum atomic E-state index is 14.6. The van der Waals surface area contributed by atoms with E-state index in [9.17, 15) is 126 Å². The Morgan fingerprint density at radius 1 is 0.391 bits per heavy atom. The van der Waals surface area contributed by atoms with Crippen LogP contribution in [0.15, 0.2) is 170 Å². The number of rotatable bonds is 13. The Balaban J connectivity index is 1.18. The second-order valence-electron chi connectivity index (χ2n) is 37.3. The third kappa shape index (κ3) is 41.1. The maximum Gasteiger partial charge on any atom is 0.313 e. The zero-order chi connectivity index (χ0) is 102. The molecule has 38 atom stereocenters. The Bertz CT molecular complexity index is 4080. The predicted octanol–water partition coefficient (Wildman–Crippen LogP) is 0.694. The van der Waals surface area contributed by atoms with Gasteiger partial charge < -0.3 is 166 Å².